The number of halogens is 1. The van der Waals surface area contributed by atoms with Crippen molar-refractivity contribution >= 4 is 28.8 Å². The van der Waals surface area contributed by atoms with Gasteiger partial charge < -0.3 is 14.4 Å². The molecule has 2 aromatic carbocycles. The third-order valence-electron chi connectivity index (χ3n) is 6.88. The number of hydrogen-bond donors (Lipinski definition) is 0. The van der Waals surface area contributed by atoms with E-state index in [4.69, 9.17) is 4.98 Å². The molecule has 2 aromatic heterocycles. The number of piperidine rings is 1. The molecule has 0 saturated carbocycles. The van der Waals surface area contributed by atoms with Crippen molar-refractivity contribution in [3.05, 3.63) is 82.5 Å². The van der Waals surface area contributed by atoms with Crippen molar-refractivity contribution in [3.63, 3.8) is 0 Å². The van der Waals surface area contributed by atoms with Crippen molar-refractivity contribution in [2.45, 2.75) is 38.8 Å². The van der Waals surface area contributed by atoms with E-state index in [0.717, 1.165) is 48.5 Å². The number of rotatable bonds is 6. The first-order valence-electron chi connectivity index (χ1n) is 12.2. The Morgan fingerprint density at radius 1 is 1.08 bits per heavy atom. The van der Waals surface area contributed by atoms with Crippen molar-refractivity contribution in [2.24, 2.45) is 0 Å². The fourth-order valence-electron chi connectivity index (χ4n) is 4.89. The summed E-state index contributed by atoms with van der Waals surface area (Å²) in [4.78, 5) is 38.3. The second-order valence-corrected chi connectivity index (χ2v) is 9.11. The molecule has 36 heavy (non-hydrogen) atoms. The van der Waals surface area contributed by atoms with Crippen LogP contribution in [0.3, 0.4) is 0 Å². The number of fused-ring (bicyclic) bond motifs is 1. The van der Waals surface area contributed by atoms with Gasteiger partial charge in [-0.05, 0) is 42.7 Å². The van der Waals surface area contributed by atoms with E-state index in [-0.39, 0.29) is 29.7 Å². The number of carbonyl (C=O) groups is 1. The molecule has 186 valence electrons. The van der Waals surface area contributed by atoms with E-state index in [9.17, 15) is 14.0 Å². The highest BCUT2D eigenvalue weighted by Crippen LogP contribution is 2.28. The summed E-state index contributed by atoms with van der Waals surface area (Å²) in [6.45, 7) is 3.86. The minimum atomic E-state index is -0.356. The second-order valence-electron chi connectivity index (χ2n) is 9.11. The van der Waals surface area contributed by atoms with Gasteiger partial charge in [0.2, 0.25) is 17.8 Å². The van der Waals surface area contributed by atoms with E-state index in [0.29, 0.717) is 12.5 Å². The zero-order valence-electron chi connectivity index (χ0n) is 20.5. The minimum Gasteiger partial charge on any atom is -0.342 e. The first kappa shape index (κ1) is 23.7. The number of imidazole rings is 1. The van der Waals surface area contributed by atoms with E-state index in [2.05, 4.69) is 20.5 Å². The summed E-state index contributed by atoms with van der Waals surface area (Å²) in [7, 11) is 1.89. The molecule has 0 spiro atoms. The van der Waals surface area contributed by atoms with Gasteiger partial charge in [-0.2, -0.15) is 0 Å². The molecule has 3 heterocycles. The summed E-state index contributed by atoms with van der Waals surface area (Å²) in [6, 6.07) is 16.1. The lowest BCUT2D eigenvalue weighted by Gasteiger charge is -2.38. The number of nitrogens with zero attached hydrogens (tertiary/aromatic N) is 6. The molecule has 0 radical (unpaired) electrons. The molecule has 9 heteroatoms. The van der Waals surface area contributed by atoms with E-state index in [1.54, 1.807) is 19.1 Å². The van der Waals surface area contributed by atoms with E-state index in [1.165, 1.54) is 29.0 Å². The highest BCUT2D eigenvalue weighted by Gasteiger charge is 2.28. The number of carbonyl (C=O) groups excluding carboxylic acids is 1. The fraction of sp³-hybridized carbons (Fsp3) is 0.333. The van der Waals surface area contributed by atoms with Crippen LogP contribution in [0.2, 0.25) is 0 Å². The lowest BCUT2D eigenvalue weighted by Crippen LogP contribution is -2.46. The molecule has 0 aliphatic carbocycles. The quantitative estimate of drug-likeness (QED) is 0.409. The van der Waals surface area contributed by atoms with Gasteiger partial charge in [0.15, 0.2) is 0 Å². The van der Waals surface area contributed by atoms with Crippen LogP contribution in [0.15, 0.2) is 65.6 Å². The first-order valence-corrected chi connectivity index (χ1v) is 12.2. The highest BCUT2D eigenvalue weighted by molar-refractivity contribution is 5.81. The third-order valence-corrected chi connectivity index (χ3v) is 6.88. The number of para-hydroxylation sites is 2. The van der Waals surface area contributed by atoms with Gasteiger partial charge in [0.1, 0.15) is 5.82 Å². The number of benzene rings is 2. The fourth-order valence-corrected chi connectivity index (χ4v) is 4.89. The molecule has 5 rings (SSSR count). The maximum Gasteiger partial charge on any atom is 0.261 e. The predicted molar refractivity (Wildman–Crippen MR) is 138 cm³/mol. The predicted octanol–water partition coefficient (Wildman–Crippen LogP) is 3.94. The van der Waals surface area contributed by atoms with Crippen molar-refractivity contribution < 1.29 is 9.18 Å². The maximum atomic E-state index is 13.5. The Hall–Kier alpha value is -4.01. The van der Waals surface area contributed by atoms with Gasteiger partial charge in [-0.25, -0.2) is 18.9 Å². The van der Waals surface area contributed by atoms with Crippen LogP contribution in [0.1, 0.15) is 36.5 Å². The van der Waals surface area contributed by atoms with E-state index < -0.39 is 0 Å². The number of aromatic nitrogens is 4. The highest BCUT2D eigenvalue weighted by atomic mass is 19.1. The summed E-state index contributed by atoms with van der Waals surface area (Å²) >= 11 is 0. The van der Waals surface area contributed by atoms with Crippen LogP contribution in [0, 0.1) is 5.82 Å². The summed E-state index contributed by atoms with van der Waals surface area (Å²) in [6.07, 6.45) is 3.33. The summed E-state index contributed by atoms with van der Waals surface area (Å²) in [5.74, 6) is 0.760. The van der Waals surface area contributed by atoms with Crippen molar-refractivity contribution in [2.75, 3.05) is 29.9 Å². The summed E-state index contributed by atoms with van der Waals surface area (Å²) in [5, 5.41) is 0. The Morgan fingerprint density at radius 3 is 2.53 bits per heavy atom. The lowest BCUT2D eigenvalue weighted by atomic mass is 10.0. The summed E-state index contributed by atoms with van der Waals surface area (Å²) < 4.78 is 16.8. The topological polar surface area (TPSA) is 76.3 Å². The number of hydrogen-bond acceptors (Lipinski definition) is 6. The van der Waals surface area contributed by atoms with Gasteiger partial charge >= 0.3 is 0 Å². The molecule has 1 aliphatic heterocycles. The van der Waals surface area contributed by atoms with Crippen LogP contribution >= 0.6 is 0 Å². The van der Waals surface area contributed by atoms with Gasteiger partial charge in [0, 0.05) is 44.9 Å². The Balaban J connectivity index is 1.38. The second kappa shape index (κ2) is 9.93. The molecular formula is C27H29FN6O2. The Morgan fingerprint density at radius 2 is 1.81 bits per heavy atom. The van der Waals surface area contributed by atoms with E-state index >= 15 is 0 Å². The Kier molecular flexibility index (Phi) is 6.54. The van der Waals surface area contributed by atoms with Gasteiger partial charge in [-0.15, -0.1) is 0 Å². The molecule has 1 fully saturated rings. The molecular weight excluding hydrogens is 459 g/mol. The molecule has 8 nitrogen and oxygen atoms in total. The van der Waals surface area contributed by atoms with Gasteiger partial charge in [0.25, 0.3) is 5.56 Å². The average Bonchev–Trinajstić information content (AvgIpc) is 3.27. The molecule has 4 aromatic rings. The molecule has 0 N–H and O–H groups in total. The normalized spacial score (nSPS) is 14.4. The lowest BCUT2D eigenvalue weighted by molar-refractivity contribution is 0.0904. The van der Waals surface area contributed by atoms with Crippen LogP contribution in [0.4, 0.5) is 16.3 Å². The van der Waals surface area contributed by atoms with Crippen LogP contribution in [0.25, 0.3) is 11.0 Å². The number of anilines is 2. The smallest absolute Gasteiger partial charge is 0.261 e. The van der Waals surface area contributed by atoms with Gasteiger partial charge in [0.05, 0.1) is 17.6 Å². The molecule has 1 aliphatic rings. The molecule has 0 unspecified atom stereocenters. The average molecular weight is 489 g/mol. The zero-order chi connectivity index (χ0) is 25.2. The third kappa shape index (κ3) is 4.48. The van der Waals surface area contributed by atoms with Crippen LogP contribution in [0.5, 0.6) is 0 Å². The van der Waals surface area contributed by atoms with Gasteiger partial charge in [-0.1, -0.05) is 31.2 Å². The Bertz CT molecular complexity index is 1440. The van der Waals surface area contributed by atoms with Crippen molar-refractivity contribution in [3.8, 4) is 0 Å². The maximum absolute atomic E-state index is 13.5. The van der Waals surface area contributed by atoms with E-state index in [1.807, 2.05) is 30.1 Å². The molecule has 0 amide bonds. The first-order chi connectivity index (χ1) is 17.5. The minimum absolute atomic E-state index is 0.126. The molecule has 0 bridgehead atoms. The molecule has 1 saturated heterocycles. The van der Waals surface area contributed by atoms with Gasteiger partial charge in [-0.3, -0.25) is 9.59 Å². The van der Waals surface area contributed by atoms with Crippen LogP contribution in [-0.4, -0.2) is 51.2 Å². The summed E-state index contributed by atoms with van der Waals surface area (Å²) in [5.41, 5.74) is 2.60. The monoisotopic (exact) mass is 488 g/mol. The Labute approximate surface area is 208 Å². The largest absolute Gasteiger partial charge is 0.342 e. The molecule has 0 atom stereocenters. The van der Waals surface area contributed by atoms with Crippen LogP contribution in [-0.2, 0) is 6.54 Å². The SMILES string of the molecule is CCC(=O)n1c(N(C)C2CCN(c3nc4ccccc4n3Cc3ccc(F)cc3)CC2)nccc1=O. The van der Waals surface area contributed by atoms with Crippen LogP contribution < -0.4 is 15.4 Å². The standard InChI is InChI=1S/C27H29FN6O2/c1-3-24(35)34-25(36)12-15-29-26(34)31(2)21-13-16-32(17-14-21)27-30-22-6-4-5-7-23(22)33(27)18-19-8-10-20(28)11-9-19/h4-12,15,21H,3,13-14,16-18H2,1-2H3. The zero-order valence-corrected chi connectivity index (χ0v) is 20.5. The van der Waals surface area contributed by atoms with Crippen molar-refractivity contribution in [1.29, 1.82) is 0 Å². The van der Waals surface area contributed by atoms with Crippen molar-refractivity contribution in [1.82, 2.24) is 19.1 Å².